The molecule has 0 aliphatic carbocycles. The molecular weight excluding hydrogens is 483 g/mol. The predicted molar refractivity (Wildman–Crippen MR) is 136 cm³/mol. The molecule has 3 heterocycles. The average molecular weight is 516 g/mol. The van der Waals surface area contributed by atoms with Crippen molar-refractivity contribution in [3.8, 4) is 0 Å². The van der Waals surface area contributed by atoms with Gasteiger partial charge in [0.2, 0.25) is 0 Å². The van der Waals surface area contributed by atoms with Gasteiger partial charge in [-0.1, -0.05) is 12.1 Å². The van der Waals surface area contributed by atoms with Crippen LogP contribution in [0.15, 0.2) is 52.4 Å². The van der Waals surface area contributed by atoms with E-state index in [0.717, 1.165) is 60.6 Å². The van der Waals surface area contributed by atoms with E-state index in [4.69, 9.17) is 4.74 Å². The summed E-state index contributed by atoms with van der Waals surface area (Å²) >= 11 is 0. The fourth-order valence-corrected chi connectivity index (χ4v) is 5.19. The van der Waals surface area contributed by atoms with Crippen molar-refractivity contribution in [1.29, 1.82) is 0 Å². The van der Waals surface area contributed by atoms with E-state index in [-0.39, 0.29) is 17.9 Å². The van der Waals surface area contributed by atoms with Gasteiger partial charge in [-0.2, -0.15) is 13.2 Å². The lowest BCUT2D eigenvalue weighted by Crippen LogP contribution is -2.34. The van der Waals surface area contributed by atoms with Crippen LogP contribution in [-0.4, -0.2) is 46.0 Å². The molecule has 0 atom stereocenters. The first-order valence-electron chi connectivity index (χ1n) is 12.4. The minimum Gasteiger partial charge on any atom is -0.505 e. The lowest BCUT2D eigenvalue weighted by Gasteiger charge is -2.34. The third kappa shape index (κ3) is 5.66. The van der Waals surface area contributed by atoms with Crippen LogP contribution in [0.1, 0.15) is 60.8 Å². The standard InChI is InChI=1S/C28H32F3N3O3/c1-5-37-27(36)25-18(3)32-24(26(25)35)15-21-14-17(2)34(19(21)4)23-10-12-33(13-11-23)16-20-6-8-22(9-7-20)28(29,30)31/h6-9,14-15,23,35H,5,10-13,16H2,1-4H3/b24-15+. The van der Waals surface area contributed by atoms with E-state index in [0.29, 0.717) is 24.0 Å². The Morgan fingerprint density at radius 3 is 2.41 bits per heavy atom. The number of halogens is 3. The molecule has 0 amide bonds. The van der Waals surface area contributed by atoms with Crippen LogP contribution in [0.25, 0.3) is 6.08 Å². The van der Waals surface area contributed by atoms with Crippen LogP contribution in [-0.2, 0) is 22.3 Å². The zero-order valence-electron chi connectivity index (χ0n) is 21.5. The van der Waals surface area contributed by atoms with Gasteiger partial charge in [0.25, 0.3) is 0 Å². The maximum atomic E-state index is 12.8. The highest BCUT2D eigenvalue weighted by Crippen LogP contribution is 2.33. The van der Waals surface area contributed by atoms with Gasteiger partial charge in [0.1, 0.15) is 11.3 Å². The number of piperidine rings is 1. The van der Waals surface area contributed by atoms with Crippen molar-refractivity contribution in [2.24, 2.45) is 4.99 Å². The number of carbonyl (C=O) groups is 1. The molecular formula is C28H32F3N3O3. The molecule has 2 aliphatic heterocycles. The molecule has 37 heavy (non-hydrogen) atoms. The summed E-state index contributed by atoms with van der Waals surface area (Å²) in [5, 5.41) is 10.6. The molecule has 2 aliphatic rings. The Morgan fingerprint density at radius 2 is 1.81 bits per heavy atom. The minimum absolute atomic E-state index is 0.0994. The number of carbonyl (C=O) groups excluding carboxylic acids is 1. The molecule has 9 heteroatoms. The number of aliphatic hydroxyl groups excluding tert-OH is 1. The number of aromatic nitrogens is 1. The summed E-state index contributed by atoms with van der Waals surface area (Å²) in [4.78, 5) is 18.8. The van der Waals surface area contributed by atoms with E-state index < -0.39 is 17.7 Å². The van der Waals surface area contributed by atoms with Crippen LogP contribution in [0.5, 0.6) is 0 Å². The zero-order valence-corrected chi connectivity index (χ0v) is 21.5. The average Bonchev–Trinajstić information content (AvgIpc) is 3.28. The molecule has 1 aromatic carbocycles. The molecule has 0 spiro atoms. The molecule has 198 valence electrons. The van der Waals surface area contributed by atoms with Crippen LogP contribution in [0.2, 0.25) is 0 Å². The van der Waals surface area contributed by atoms with Crippen LogP contribution in [0.3, 0.4) is 0 Å². The van der Waals surface area contributed by atoms with Gasteiger partial charge in [0.05, 0.1) is 17.9 Å². The van der Waals surface area contributed by atoms with Gasteiger partial charge >= 0.3 is 12.1 Å². The third-order valence-corrected chi connectivity index (χ3v) is 7.03. The van der Waals surface area contributed by atoms with Crippen molar-refractivity contribution in [2.75, 3.05) is 19.7 Å². The Kier molecular flexibility index (Phi) is 7.64. The van der Waals surface area contributed by atoms with E-state index in [1.807, 2.05) is 13.8 Å². The number of alkyl halides is 3. The molecule has 1 N–H and O–H groups in total. The lowest BCUT2D eigenvalue weighted by atomic mass is 10.0. The second-order valence-corrected chi connectivity index (χ2v) is 9.57. The molecule has 4 rings (SSSR count). The van der Waals surface area contributed by atoms with E-state index in [2.05, 4.69) is 20.5 Å². The normalized spacial score (nSPS) is 18.6. The summed E-state index contributed by atoms with van der Waals surface area (Å²) in [5.74, 6) is -0.754. The van der Waals surface area contributed by atoms with Gasteiger partial charge in [-0.15, -0.1) is 0 Å². The Morgan fingerprint density at radius 1 is 1.16 bits per heavy atom. The molecule has 1 saturated heterocycles. The Labute approximate surface area is 214 Å². The summed E-state index contributed by atoms with van der Waals surface area (Å²) in [6.07, 6.45) is -0.687. The van der Waals surface area contributed by atoms with Crippen molar-refractivity contribution >= 4 is 17.8 Å². The number of esters is 1. The second kappa shape index (κ2) is 10.6. The van der Waals surface area contributed by atoms with Crippen molar-refractivity contribution in [3.05, 3.63) is 75.4 Å². The molecule has 0 bridgehead atoms. The molecule has 0 radical (unpaired) electrons. The number of aliphatic imine (C=N–C) groups is 1. The van der Waals surface area contributed by atoms with Crippen molar-refractivity contribution in [3.63, 3.8) is 0 Å². The largest absolute Gasteiger partial charge is 0.505 e. The van der Waals surface area contributed by atoms with Crippen molar-refractivity contribution in [2.45, 2.75) is 59.3 Å². The number of aryl methyl sites for hydroxylation is 1. The van der Waals surface area contributed by atoms with Crippen LogP contribution in [0, 0.1) is 13.8 Å². The zero-order chi connectivity index (χ0) is 26.9. The molecule has 1 fully saturated rings. The first-order valence-corrected chi connectivity index (χ1v) is 12.4. The number of aliphatic hydroxyl groups is 1. The van der Waals surface area contributed by atoms with Gasteiger partial charge in [-0.25, -0.2) is 9.79 Å². The van der Waals surface area contributed by atoms with Crippen LogP contribution < -0.4 is 0 Å². The highest BCUT2D eigenvalue weighted by Gasteiger charge is 2.31. The number of nitrogens with zero attached hydrogens (tertiary/aromatic N) is 3. The second-order valence-electron chi connectivity index (χ2n) is 9.57. The highest BCUT2D eigenvalue weighted by molar-refractivity contribution is 6.22. The van der Waals surface area contributed by atoms with Crippen molar-refractivity contribution < 1.29 is 27.8 Å². The van der Waals surface area contributed by atoms with E-state index in [1.165, 1.54) is 0 Å². The summed E-state index contributed by atoms with van der Waals surface area (Å²) in [5.41, 5.74) is 4.18. The van der Waals surface area contributed by atoms with Gasteiger partial charge in [0.15, 0.2) is 5.76 Å². The van der Waals surface area contributed by atoms with E-state index in [1.54, 1.807) is 32.1 Å². The Bertz CT molecular complexity index is 1260. The van der Waals surface area contributed by atoms with Gasteiger partial charge < -0.3 is 14.4 Å². The van der Waals surface area contributed by atoms with Crippen LogP contribution >= 0.6 is 0 Å². The number of ether oxygens (including phenoxy) is 1. The summed E-state index contributed by atoms with van der Waals surface area (Å²) in [7, 11) is 0. The molecule has 6 nitrogen and oxygen atoms in total. The fourth-order valence-electron chi connectivity index (χ4n) is 5.19. The first-order chi connectivity index (χ1) is 17.5. The van der Waals surface area contributed by atoms with Crippen molar-refractivity contribution in [1.82, 2.24) is 9.47 Å². The lowest BCUT2D eigenvalue weighted by molar-refractivity contribution is -0.138. The summed E-state index contributed by atoms with van der Waals surface area (Å²) < 4.78 is 45.8. The quantitative estimate of drug-likeness (QED) is 0.469. The molecule has 1 aromatic heterocycles. The number of hydrogen-bond donors (Lipinski definition) is 1. The maximum absolute atomic E-state index is 12.8. The predicted octanol–water partition coefficient (Wildman–Crippen LogP) is 6.15. The molecule has 0 saturated carbocycles. The Hall–Kier alpha value is -3.33. The van der Waals surface area contributed by atoms with Crippen LogP contribution in [0.4, 0.5) is 13.2 Å². The van der Waals surface area contributed by atoms with E-state index in [9.17, 15) is 23.1 Å². The number of benzene rings is 1. The Balaban J connectivity index is 1.44. The van der Waals surface area contributed by atoms with Gasteiger partial charge in [0, 0.05) is 37.1 Å². The number of likely N-dealkylation sites (tertiary alicyclic amines) is 1. The third-order valence-electron chi connectivity index (χ3n) is 7.03. The topological polar surface area (TPSA) is 67.1 Å². The van der Waals surface area contributed by atoms with E-state index >= 15 is 0 Å². The number of hydrogen-bond acceptors (Lipinski definition) is 5. The summed E-state index contributed by atoms with van der Waals surface area (Å²) in [6.45, 7) is 9.99. The molecule has 2 aromatic rings. The molecule has 0 unspecified atom stereocenters. The minimum atomic E-state index is -4.32. The fraction of sp³-hybridized carbons (Fsp3) is 0.429. The highest BCUT2D eigenvalue weighted by atomic mass is 19.4. The van der Waals surface area contributed by atoms with Gasteiger partial charge in [-0.05, 0) is 75.9 Å². The SMILES string of the molecule is CCOC(=O)C1=C(O)/C(=C\c2cc(C)n(C3CCN(Cc4ccc(C(F)(F)F)cc4)CC3)c2C)N=C1C. The monoisotopic (exact) mass is 515 g/mol. The summed E-state index contributed by atoms with van der Waals surface area (Å²) in [6, 6.07) is 7.74. The number of rotatable bonds is 6. The maximum Gasteiger partial charge on any atom is 0.416 e. The smallest absolute Gasteiger partial charge is 0.416 e. The first kappa shape index (κ1) is 26.7. The van der Waals surface area contributed by atoms with Gasteiger partial charge in [-0.3, -0.25) is 4.90 Å².